The van der Waals surface area contributed by atoms with E-state index < -0.39 is 12.0 Å². The Hall–Kier alpha value is -4.10. The van der Waals surface area contributed by atoms with E-state index in [1.54, 1.807) is 23.4 Å². The molecule has 1 saturated carbocycles. The fraction of sp³-hybridized carbons (Fsp3) is 0.267. The Balaban J connectivity index is 1.23. The van der Waals surface area contributed by atoms with E-state index in [9.17, 15) is 14.7 Å². The lowest BCUT2D eigenvalue weighted by atomic mass is 9.94. The third-order valence-corrected chi connectivity index (χ3v) is 7.55. The number of pyridine rings is 1. The first-order valence-corrected chi connectivity index (χ1v) is 12.6. The molecule has 3 heterocycles. The second-order valence-electron chi connectivity index (χ2n) is 10.1. The Labute approximate surface area is 214 Å². The summed E-state index contributed by atoms with van der Waals surface area (Å²) in [6, 6.07) is 19.5. The monoisotopic (exact) mass is 492 g/mol. The van der Waals surface area contributed by atoms with Crippen molar-refractivity contribution >= 4 is 5.91 Å². The summed E-state index contributed by atoms with van der Waals surface area (Å²) in [7, 11) is 0. The summed E-state index contributed by atoms with van der Waals surface area (Å²) in [5, 5.41) is 11.0. The molecule has 0 bridgehead atoms. The molecule has 7 nitrogen and oxygen atoms in total. The molecular formula is C30H28N4O3. The highest BCUT2D eigenvalue weighted by Crippen LogP contribution is 2.51. The molecule has 1 aliphatic heterocycles. The van der Waals surface area contributed by atoms with Gasteiger partial charge in [0.1, 0.15) is 5.82 Å². The second-order valence-corrected chi connectivity index (χ2v) is 10.1. The van der Waals surface area contributed by atoms with Gasteiger partial charge in [0.2, 0.25) is 0 Å². The number of hydrogen-bond acceptors (Lipinski definition) is 5. The van der Waals surface area contributed by atoms with Gasteiger partial charge in [0, 0.05) is 30.9 Å². The van der Waals surface area contributed by atoms with Crippen LogP contribution in [0.4, 0.5) is 0 Å². The van der Waals surface area contributed by atoms with Crippen molar-refractivity contribution in [3.05, 3.63) is 117 Å². The Morgan fingerprint density at radius 2 is 1.86 bits per heavy atom. The lowest BCUT2D eigenvalue weighted by Crippen LogP contribution is -2.42. The number of aromatic amines is 1. The van der Waals surface area contributed by atoms with Gasteiger partial charge in [-0.25, -0.2) is 4.98 Å². The molecule has 1 atom stereocenters. The normalized spacial score (nSPS) is 16.6. The van der Waals surface area contributed by atoms with Crippen LogP contribution in [0.2, 0.25) is 0 Å². The minimum atomic E-state index is -1.32. The number of H-pyrrole nitrogens is 1. The zero-order chi connectivity index (χ0) is 25.6. The molecule has 1 aliphatic carbocycles. The molecule has 0 spiro atoms. The third-order valence-electron chi connectivity index (χ3n) is 7.55. The molecule has 2 N–H and O–H groups in total. The first-order chi connectivity index (χ1) is 17.9. The van der Waals surface area contributed by atoms with Gasteiger partial charge in [-0.1, -0.05) is 48.5 Å². The number of aryl methyl sites for hydroxylation is 1. The van der Waals surface area contributed by atoms with Crippen LogP contribution in [0.3, 0.4) is 0 Å². The van der Waals surface area contributed by atoms with Crippen LogP contribution >= 0.6 is 0 Å². The Morgan fingerprint density at radius 3 is 2.62 bits per heavy atom. The van der Waals surface area contributed by atoms with Crippen molar-refractivity contribution in [2.24, 2.45) is 0 Å². The average molecular weight is 493 g/mol. The maximum atomic E-state index is 13.3. The van der Waals surface area contributed by atoms with Crippen LogP contribution in [0.1, 0.15) is 52.7 Å². The van der Waals surface area contributed by atoms with Crippen molar-refractivity contribution in [2.75, 3.05) is 6.54 Å². The van der Waals surface area contributed by atoms with Crippen LogP contribution in [0.15, 0.2) is 77.9 Å². The van der Waals surface area contributed by atoms with Crippen molar-refractivity contribution in [1.82, 2.24) is 19.9 Å². The molecule has 4 aromatic rings. The van der Waals surface area contributed by atoms with Crippen molar-refractivity contribution in [3.63, 3.8) is 0 Å². The number of amides is 1. The molecule has 6 rings (SSSR count). The number of hydrogen-bond donors (Lipinski definition) is 2. The summed E-state index contributed by atoms with van der Waals surface area (Å²) >= 11 is 0. The zero-order valence-corrected chi connectivity index (χ0v) is 20.6. The van der Waals surface area contributed by atoms with Gasteiger partial charge in [0.15, 0.2) is 6.10 Å². The van der Waals surface area contributed by atoms with E-state index in [0.29, 0.717) is 29.9 Å². The van der Waals surface area contributed by atoms with E-state index in [4.69, 9.17) is 4.98 Å². The number of nitrogens with zero attached hydrogens (tertiary/aromatic N) is 3. The topological polar surface area (TPSA) is 99.2 Å². The second kappa shape index (κ2) is 9.09. The number of aliphatic hydroxyl groups is 1. The molecular weight excluding hydrogens is 464 g/mol. The highest BCUT2D eigenvalue weighted by atomic mass is 16.3. The molecule has 7 heteroatoms. The standard InChI is InChI=1S/C30H28N4O3/c1-19-14-22(17-31-16-19)20-6-5-7-21(15-20)26(35)28(37)34-13-10-25-24(18-34)27(36)33-29(32-25)30(11-12-30)23-8-3-2-4-9-23/h2-9,14-17,26,35H,10-13,18H2,1H3,(H,32,33,36). The zero-order valence-electron chi connectivity index (χ0n) is 20.6. The van der Waals surface area contributed by atoms with Crippen LogP contribution < -0.4 is 5.56 Å². The van der Waals surface area contributed by atoms with Crippen molar-refractivity contribution < 1.29 is 9.90 Å². The van der Waals surface area contributed by atoms with Gasteiger partial charge in [-0.3, -0.25) is 14.6 Å². The van der Waals surface area contributed by atoms with Crippen molar-refractivity contribution in [2.45, 2.75) is 44.2 Å². The minimum absolute atomic E-state index is 0.133. The first kappa shape index (κ1) is 23.3. The highest BCUT2D eigenvalue weighted by molar-refractivity contribution is 5.83. The largest absolute Gasteiger partial charge is 0.378 e. The van der Waals surface area contributed by atoms with Gasteiger partial charge in [0.05, 0.1) is 23.2 Å². The van der Waals surface area contributed by atoms with E-state index >= 15 is 0 Å². The number of benzene rings is 2. The Morgan fingerprint density at radius 1 is 1.05 bits per heavy atom. The molecule has 2 aliphatic rings. The number of carbonyl (C=O) groups excluding carboxylic acids is 1. The predicted octanol–water partition coefficient (Wildman–Crippen LogP) is 3.84. The Bertz CT molecular complexity index is 1540. The smallest absolute Gasteiger partial charge is 0.256 e. The minimum Gasteiger partial charge on any atom is -0.378 e. The van der Waals surface area contributed by atoms with Gasteiger partial charge in [-0.15, -0.1) is 0 Å². The van der Waals surface area contributed by atoms with Crippen molar-refractivity contribution in [1.29, 1.82) is 0 Å². The molecule has 2 aromatic heterocycles. The molecule has 1 amide bonds. The number of carbonyl (C=O) groups is 1. The van der Waals surface area contributed by atoms with Crippen molar-refractivity contribution in [3.8, 4) is 11.1 Å². The van der Waals surface area contributed by atoms with Crippen LogP contribution in [-0.2, 0) is 23.2 Å². The third kappa shape index (κ3) is 4.25. The van der Waals surface area contributed by atoms with Gasteiger partial charge in [-0.05, 0) is 54.2 Å². The highest BCUT2D eigenvalue weighted by Gasteiger charge is 2.48. The Kier molecular flexibility index (Phi) is 5.72. The fourth-order valence-corrected chi connectivity index (χ4v) is 5.30. The fourth-order valence-electron chi connectivity index (χ4n) is 5.30. The molecule has 0 saturated heterocycles. The van der Waals surface area contributed by atoms with Gasteiger partial charge >= 0.3 is 0 Å². The summed E-state index contributed by atoms with van der Waals surface area (Å²) in [5.41, 5.74) is 5.32. The van der Waals surface area contributed by atoms with E-state index in [1.807, 2.05) is 49.4 Å². The van der Waals surface area contributed by atoms with Crippen LogP contribution in [0.25, 0.3) is 11.1 Å². The van der Waals surface area contributed by atoms with E-state index in [-0.39, 0.29) is 17.5 Å². The number of nitrogens with one attached hydrogen (secondary N) is 1. The SMILES string of the molecule is Cc1cncc(-c2cccc(C(O)C(=O)N3CCc4nc(C5(c6ccccc6)CC5)[nH]c(=O)c4C3)c2)c1. The molecule has 0 radical (unpaired) electrons. The van der Waals surface area contributed by atoms with Gasteiger partial charge in [0.25, 0.3) is 11.5 Å². The summed E-state index contributed by atoms with van der Waals surface area (Å²) in [6.07, 6.45) is 4.61. The summed E-state index contributed by atoms with van der Waals surface area (Å²) in [4.78, 5) is 40.1. The number of aliphatic hydroxyl groups excluding tert-OH is 1. The molecule has 186 valence electrons. The first-order valence-electron chi connectivity index (χ1n) is 12.6. The van der Waals surface area contributed by atoms with E-state index in [2.05, 4.69) is 22.1 Å². The molecule has 1 unspecified atom stereocenters. The molecule has 2 aromatic carbocycles. The van der Waals surface area contributed by atoms with Crippen LogP contribution in [-0.4, -0.2) is 37.4 Å². The molecule has 37 heavy (non-hydrogen) atoms. The maximum absolute atomic E-state index is 13.3. The van der Waals surface area contributed by atoms with Gasteiger partial charge in [-0.2, -0.15) is 0 Å². The molecule has 1 fully saturated rings. The quantitative estimate of drug-likeness (QED) is 0.441. The van der Waals surface area contributed by atoms with Gasteiger partial charge < -0.3 is 15.0 Å². The lowest BCUT2D eigenvalue weighted by Gasteiger charge is -2.30. The lowest BCUT2D eigenvalue weighted by molar-refractivity contribution is -0.141. The number of rotatable bonds is 5. The number of aromatic nitrogens is 3. The predicted molar refractivity (Wildman–Crippen MR) is 140 cm³/mol. The summed E-state index contributed by atoms with van der Waals surface area (Å²) < 4.78 is 0. The van der Waals surface area contributed by atoms with Crippen LogP contribution in [0.5, 0.6) is 0 Å². The summed E-state index contributed by atoms with van der Waals surface area (Å²) in [6.45, 7) is 2.50. The number of fused-ring (bicyclic) bond motifs is 1. The average Bonchev–Trinajstić information content (AvgIpc) is 3.75. The van der Waals surface area contributed by atoms with E-state index in [0.717, 1.165) is 40.8 Å². The van der Waals surface area contributed by atoms with E-state index in [1.165, 1.54) is 0 Å². The van der Waals surface area contributed by atoms with Crippen LogP contribution in [0, 0.1) is 6.92 Å². The summed E-state index contributed by atoms with van der Waals surface area (Å²) in [5.74, 6) is 0.293. The maximum Gasteiger partial charge on any atom is 0.256 e.